The smallest absolute Gasteiger partial charge is 0.191 e. The van der Waals surface area contributed by atoms with Crippen LogP contribution in [0.5, 0.6) is 0 Å². The second-order valence-electron chi connectivity index (χ2n) is 6.84. The molecule has 2 heterocycles. The van der Waals surface area contributed by atoms with E-state index in [4.69, 9.17) is 9.52 Å². The van der Waals surface area contributed by atoms with Gasteiger partial charge in [0.25, 0.3) is 0 Å². The molecule has 144 valence electrons. The molecule has 0 amide bonds. The lowest BCUT2D eigenvalue weighted by Crippen LogP contribution is -2.43. The van der Waals surface area contributed by atoms with E-state index in [0.29, 0.717) is 6.54 Å². The van der Waals surface area contributed by atoms with E-state index < -0.39 is 0 Å². The predicted octanol–water partition coefficient (Wildman–Crippen LogP) is 2.37. The molecule has 1 atom stereocenters. The molecule has 2 aromatic rings. The molecule has 0 radical (unpaired) electrons. The predicted molar refractivity (Wildman–Crippen MR) is 105 cm³/mol. The van der Waals surface area contributed by atoms with E-state index in [1.54, 1.807) is 0 Å². The third-order valence-corrected chi connectivity index (χ3v) is 4.71. The Kier molecular flexibility index (Phi) is 6.83. The molecular weight excluding hydrogens is 328 g/mol. The molecule has 0 saturated heterocycles. The van der Waals surface area contributed by atoms with E-state index >= 15 is 0 Å². The van der Waals surface area contributed by atoms with Crippen LogP contribution in [0.1, 0.15) is 47.8 Å². The molecule has 1 unspecified atom stereocenters. The third-order valence-electron chi connectivity index (χ3n) is 4.71. The van der Waals surface area contributed by atoms with E-state index in [1.807, 2.05) is 25.6 Å². The monoisotopic (exact) mass is 360 g/mol. The number of aryl methyl sites for hydroxylation is 4. The van der Waals surface area contributed by atoms with Gasteiger partial charge in [0.1, 0.15) is 5.76 Å². The first-order valence-electron chi connectivity index (χ1n) is 9.29. The minimum absolute atomic E-state index is 0.258. The van der Waals surface area contributed by atoms with Crippen LogP contribution in [0.3, 0.4) is 0 Å². The normalized spacial score (nSPS) is 13.1. The van der Waals surface area contributed by atoms with Crippen LogP contribution in [0.25, 0.3) is 0 Å². The van der Waals surface area contributed by atoms with E-state index in [0.717, 1.165) is 48.1 Å². The number of nitrogens with one attached hydrogen (secondary N) is 2. The van der Waals surface area contributed by atoms with E-state index in [1.165, 1.54) is 11.3 Å². The van der Waals surface area contributed by atoms with Gasteiger partial charge in [0.2, 0.25) is 0 Å². The molecule has 0 fully saturated rings. The first-order chi connectivity index (χ1) is 12.3. The maximum atomic E-state index is 5.22. The summed E-state index contributed by atoms with van der Waals surface area (Å²) in [5.74, 6) is 1.72. The van der Waals surface area contributed by atoms with Crippen molar-refractivity contribution in [1.29, 1.82) is 0 Å². The Hall–Kier alpha value is -2.31. The molecule has 2 aromatic heterocycles. The van der Waals surface area contributed by atoms with Crippen molar-refractivity contribution in [3.63, 3.8) is 0 Å². The summed E-state index contributed by atoms with van der Waals surface area (Å²) < 4.78 is 7.16. The van der Waals surface area contributed by atoms with Crippen LogP contribution in [-0.4, -0.2) is 40.0 Å². The standard InChI is InChI=1S/C19H32N6O/c1-8-20-19(21-10-9-17-14(4)24-26-16(17)6)22-12(2)11-18-13(3)23-25(7)15(18)5/h12H,8-11H2,1-7H3,(H2,20,21,22). The van der Waals surface area contributed by atoms with Gasteiger partial charge in [-0.25, -0.2) is 0 Å². The summed E-state index contributed by atoms with van der Waals surface area (Å²) in [6, 6.07) is 0.258. The first kappa shape index (κ1) is 20.0. The second-order valence-corrected chi connectivity index (χ2v) is 6.84. The molecule has 7 nitrogen and oxygen atoms in total. The molecule has 0 aliphatic carbocycles. The Labute approximate surface area is 156 Å². The van der Waals surface area contributed by atoms with Crippen molar-refractivity contribution in [3.8, 4) is 0 Å². The minimum atomic E-state index is 0.258. The van der Waals surface area contributed by atoms with Crippen LogP contribution >= 0.6 is 0 Å². The van der Waals surface area contributed by atoms with Gasteiger partial charge in [-0.1, -0.05) is 5.16 Å². The van der Waals surface area contributed by atoms with Gasteiger partial charge in [0.05, 0.1) is 11.4 Å². The van der Waals surface area contributed by atoms with Crippen molar-refractivity contribution in [1.82, 2.24) is 25.6 Å². The molecule has 26 heavy (non-hydrogen) atoms. The van der Waals surface area contributed by atoms with E-state index in [-0.39, 0.29) is 6.04 Å². The first-order valence-corrected chi connectivity index (χ1v) is 9.29. The van der Waals surface area contributed by atoms with Crippen LogP contribution in [-0.2, 0) is 19.9 Å². The molecule has 7 heteroatoms. The van der Waals surface area contributed by atoms with Gasteiger partial charge in [-0.3, -0.25) is 9.67 Å². The Balaban J connectivity index is 1.97. The lowest BCUT2D eigenvalue weighted by molar-refractivity contribution is 0.392. The maximum Gasteiger partial charge on any atom is 0.191 e. The highest BCUT2D eigenvalue weighted by Crippen LogP contribution is 2.14. The largest absolute Gasteiger partial charge is 0.361 e. The molecule has 0 aromatic carbocycles. The third kappa shape index (κ3) is 4.86. The average molecular weight is 361 g/mol. The number of guanidine groups is 1. The van der Waals surface area contributed by atoms with Crippen LogP contribution in [0.4, 0.5) is 0 Å². The number of aromatic nitrogens is 3. The van der Waals surface area contributed by atoms with Crippen molar-refractivity contribution in [3.05, 3.63) is 34.0 Å². The Morgan fingerprint density at radius 1 is 1.19 bits per heavy atom. The van der Waals surface area contributed by atoms with Crippen molar-refractivity contribution in [2.75, 3.05) is 13.1 Å². The van der Waals surface area contributed by atoms with Crippen LogP contribution in [0.2, 0.25) is 0 Å². The van der Waals surface area contributed by atoms with Crippen molar-refractivity contribution in [2.24, 2.45) is 12.0 Å². The lowest BCUT2D eigenvalue weighted by atomic mass is 10.1. The molecule has 0 spiro atoms. The molecule has 2 rings (SSSR count). The van der Waals surface area contributed by atoms with Crippen molar-refractivity contribution >= 4 is 5.96 Å². The van der Waals surface area contributed by atoms with E-state index in [2.05, 4.69) is 48.6 Å². The highest BCUT2D eigenvalue weighted by atomic mass is 16.5. The number of rotatable bonds is 7. The van der Waals surface area contributed by atoms with Crippen molar-refractivity contribution < 1.29 is 4.52 Å². The average Bonchev–Trinajstić information content (AvgIpc) is 3.02. The summed E-state index contributed by atoms with van der Waals surface area (Å²) in [5.41, 5.74) is 5.72. The van der Waals surface area contributed by atoms with Crippen LogP contribution in [0.15, 0.2) is 9.52 Å². The SMILES string of the molecule is CCNC(=NCCc1c(C)noc1C)NC(C)Cc1c(C)nn(C)c1C. The van der Waals surface area contributed by atoms with Gasteiger partial charge in [-0.15, -0.1) is 0 Å². The quantitative estimate of drug-likeness (QED) is 0.585. The highest BCUT2D eigenvalue weighted by molar-refractivity contribution is 5.80. The van der Waals surface area contributed by atoms with E-state index in [9.17, 15) is 0 Å². The number of hydrogen-bond acceptors (Lipinski definition) is 4. The van der Waals surface area contributed by atoms with Gasteiger partial charge in [-0.05, 0) is 59.9 Å². The van der Waals surface area contributed by atoms with Crippen molar-refractivity contribution in [2.45, 2.75) is 60.4 Å². The fourth-order valence-corrected chi connectivity index (χ4v) is 3.16. The Morgan fingerprint density at radius 3 is 2.46 bits per heavy atom. The maximum absolute atomic E-state index is 5.22. The topological polar surface area (TPSA) is 80.3 Å². The summed E-state index contributed by atoms with van der Waals surface area (Å²) in [6.07, 6.45) is 1.74. The summed E-state index contributed by atoms with van der Waals surface area (Å²) in [5, 5.41) is 15.3. The molecule has 0 aliphatic rings. The van der Waals surface area contributed by atoms with Gasteiger partial charge in [0.15, 0.2) is 5.96 Å². The van der Waals surface area contributed by atoms with Crippen LogP contribution in [0, 0.1) is 27.7 Å². The second kappa shape index (κ2) is 8.87. The lowest BCUT2D eigenvalue weighted by Gasteiger charge is -2.18. The zero-order valence-electron chi connectivity index (χ0n) is 17.1. The van der Waals surface area contributed by atoms with Gasteiger partial charge in [-0.2, -0.15) is 5.10 Å². The van der Waals surface area contributed by atoms with Crippen LogP contribution < -0.4 is 10.6 Å². The summed E-state index contributed by atoms with van der Waals surface area (Å²) >= 11 is 0. The number of hydrogen-bond donors (Lipinski definition) is 2. The summed E-state index contributed by atoms with van der Waals surface area (Å²) in [4.78, 5) is 4.71. The zero-order valence-corrected chi connectivity index (χ0v) is 17.1. The summed E-state index contributed by atoms with van der Waals surface area (Å²) in [7, 11) is 1.99. The molecular formula is C19H32N6O. The van der Waals surface area contributed by atoms with Gasteiger partial charge >= 0.3 is 0 Å². The Morgan fingerprint density at radius 2 is 1.92 bits per heavy atom. The molecule has 2 N–H and O–H groups in total. The fraction of sp³-hybridized carbons (Fsp3) is 0.632. The number of aliphatic imine (C=N–C) groups is 1. The highest BCUT2D eigenvalue weighted by Gasteiger charge is 2.14. The van der Waals surface area contributed by atoms with Gasteiger partial charge in [0, 0.05) is 37.4 Å². The molecule has 0 bridgehead atoms. The Bertz CT molecular complexity index is 739. The zero-order chi connectivity index (χ0) is 19.3. The molecule has 0 aliphatic heterocycles. The minimum Gasteiger partial charge on any atom is -0.361 e. The fourth-order valence-electron chi connectivity index (χ4n) is 3.16. The summed E-state index contributed by atoms with van der Waals surface area (Å²) in [6.45, 7) is 13.9. The van der Waals surface area contributed by atoms with Gasteiger partial charge < -0.3 is 15.2 Å². The molecule has 0 saturated carbocycles. The number of nitrogens with zero attached hydrogens (tertiary/aromatic N) is 4.